The maximum absolute atomic E-state index is 13.6. The molecule has 0 spiro atoms. The highest BCUT2D eigenvalue weighted by Crippen LogP contribution is 2.35. The smallest absolute Gasteiger partial charge is 0.172 e. The Morgan fingerprint density at radius 2 is 1.89 bits per heavy atom. The Labute approximate surface area is 221 Å². The summed E-state index contributed by atoms with van der Waals surface area (Å²) in [6.45, 7) is 5.46. The highest BCUT2D eigenvalue weighted by molar-refractivity contribution is 5.94. The normalized spacial score (nSPS) is 15.7. The molecule has 0 radical (unpaired) electrons. The predicted molar refractivity (Wildman–Crippen MR) is 144 cm³/mol. The lowest BCUT2D eigenvalue weighted by Crippen LogP contribution is -2.43. The van der Waals surface area contributed by atoms with Gasteiger partial charge in [0.2, 0.25) is 0 Å². The van der Waals surface area contributed by atoms with E-state index < -0.39 is 0 Å². The number of carbonyl (C=O) groups is 1. The Hall–Kier alpha value is -3.97. The Morgan fingerprint density at radius 1 is 1.11 bits per heavy atom. The first kappa shape index (κ1) is 25.7. The number of nitrogens with zero attached hydrogens (tertiary/aromatic N) is 2. The van der Waals surface area contributed by atoms with Gasteiger partial charge in [0.25, 0.3) is 0 Å². The topological polar surface area (TPSA) is 64.8 Å². The summed E-state index contributed by atoms with van der Waals surface area (Å²) in [5, 5.41) is 5.13. The molecule has 1 fully saturated rings. The third-order valence-electron chi connectivity index (χ3n) is 6.93. The van der Waals surface area contributed by atoms with Gasteiger partial charge in [0, 0.05) is 36.0 Å². The molecule has 1 aliphatic heterocycles. The fourth-order valence-electron chi connectivity index (χ4n) is 4.86. The first-order valence-corrected chi connectivity index (χ1v) is 12.9. The summed E-state index contributed by atoms with van der Waals surface area (Å²) in [4.78, 5) is 14.4. The SMILES string of the molecule is CC=CC(Oc1cc(C(C)=O)ccc1OCc1ccccc1)N1CCC(c2noc3cc(F)ccc23)CC1. The number of likely N-dealkylation sites (tertiary alicyclic amines) is 1. The first-order valence-electron chi connectivity index (χ1n) is 12.9. The van der Waals surface area contributed by atoms with Crippen LogP contribution in [0.4, 0.5) is 4.39 Å². The number of rotatable bonds is 9. The zero-order chi connectivity index (χ0) is 26.5. The molecule has 3 aromatic carbocycles. The molecular weight excluding hydrogens is 483 g/mol. The van der Waals surface area contributed by atoms with Gasteiger partial charge in [-0.2, -0.15) is 0 Å². The molecule has 5 rings (SSSR count). The van der Waals surface area contributed by atoms with E-state index in [4.69, 9.17) is 14.0 Å². The second-order valence-electron chi connectivity index (χ2n) is 9.54. The summed E-state index contributed by atoms with van der Waals surface area (Å²) in [7, 11) is 0. The van der Waals surface area contributed by atoms with E-state index in [1.807, 2.05) is 49.4 Å². The molecule has 1 aromatic heterocycles. The van der Waals surface area contributed by atoms with E-state index in [0.29, 0.717) is 29.3 Å². The molecule has 1 unspecified atom stereocenters. The van der Waals surface area contributed by atoms with E-state index in [-0.39, 0.29) is 23.7 Å². The second kappa shape index (κ2) is 11.6. The van der Waals surface area contributed by atoms with E-state index in [1.54, 1.807) is 31.2 Å². The van der Waals surface area contributed by atoms with Crippen LogP contribution in [-0.4, -0.2) is 35.2 Å². The van der Waals surface area contributed by atoms with E-state index in [0.717, 1.165) is 42.6 Å². The number of halogens is 1. The van der Waals surface area contributed by atoms with Crippen molar-refractivity contribution in [2.45, 2.75) is 45.4 Å². The van der Waals surface area contributed by atoms with Crippen LogP contribution in [-0.2, 0) is 6.61 Å². The van der Waals surface area contributed by atoms with Gasteiger partial charge in [-0.3, -0.25) is 9.69 Å². The zero-order valence-electron chi connectivity index (χ0n) is 21.6. The minimum Gasteiger partial charge on any atom is -0.485 e. The van der Waals surface area contributed by atoms with Crippen molar-refractivity contribution in [3.8, 4) is 11.5 Å². The van der Waals surface area contributed by atoms with Crippen molar-refractivity contribution in [2.24, 2.45) is 0 Å². The van der Waals surface area contributed by atoms with Crippen LogP contribution in [0.3, 0.4) is 0 Å². The zero-order valence-corrected chi connectivity index (χ0v) is 21.6. The summed E-state index contributed by atoms with van der Waals surface area (Å²) < 4.78 is 31.6. The minimum atomic E-state index is -0.331. The van der Waals surface area contributed by atoms with Crippen molar-refractivity contribution >= 4 is 16.8 Å². The third kappa shape index (κ3) is 5.78. The predicted octanol–water partition coefficient (Wildman–Crippen LogP) is 6.91. The van der Waals surface area contributed by atoms with Gasteiger partial charge in [-0.05, 0) is 68.7 Å². The molecule has 4 aromatic rings. The summed E-state index contributed by atoms with van der Waals surface area (Å²) in [6, 6.07) is 19.8. The fraction of sp³-hybridized carbons (Fsp3) is 0.290. The molecule has 1 atom stereocenters. The molecule has 2 heterocycles. The van der Waals surface area contributed by atoms with E-state index in [9.17, 15) is 9.18 Å². The third-order valence-corrected chi connectivity index (χ3v) is 6.93. The number of piperidine rings is 1. The summed E-state index contributed by atoms with van der Waals surface area (Å²) in [6.07, 6.45) is 5.37. The van der Waals surface area contributed by atoms with Gasteiger partial charge in [0.1, 0.15) is 12.4 Å². The molecule has 0 aliphatic carbocycles. The van der Waals surface area contributed by atoms with Crippen molar-refractivity contribution < 1.29 is 23.2 Å². The summed E-state index contributed by atoms with van der Waals surface area (Å²) >= 11 is 0. The molecule has 196 valence electrons. The molecule has 1 aliphatic rings. The maximum Gasteiger partial charge on any atom is 0.172 e. The van der Waals surface area contributed by atoms with Crippen LogP contribution < -0.4 is 9.47 Å². The van der Waals surface area contributed by atoms with Gasteiger partial charge in [-0.15, -0.1) is 0 Å². The van der Waals surface area contributed by atoms with E-state index in [1.165, 1.54) is 12.1 Å². The van der Waals surface area contributed by atoms with Crippen molar-refractivity contribution in [1.82, 2.24) is 10.1 Å². The Bertz CT molecular complexity index is 1420. The summed E-state index contributed by atoms with van der Waals surface area (Å²) in [5.41, 5.74) is 2.98. The number of hydrogen-bond donors (Lipinski definition) is 0. The molecule has 1 saturated heterocycles. The fourth-order valence-corrected chi connectivity index (χ4v) is 4.86. The highest BCUT2D eigenvalue weighted by atomic mass is 19.1. The average Bonchev–Trinajstić information content (AvgIpc) is 3.35. The lowest BCUT2D eigenvalue weighted by Gasteiger charge is -2.36. The molecular formula is C31H31FN2O4. The minimum absolute atomic E-state index is 0.0347. The van der Waals surface area contributed by atoms with Gasteiger partial charge in [-0.1, -0.05) is 41.6 Å². The monoisotopic (exact) mass is 514 g/mol. The van der Waals surface area contributed by atoms with Crippen LogP contribution >= 0.6 is 0 Å². The van der Waals surface area contributed by atoms with Crippen LogP contribution in [0.5, 0.6) is 11.5 Å². The Morgan fingerprint density at radius 3 is 2.63 bits per heavy atom. The number of allylic oxidation sites excluding steroid dienone is 1. The number of hydrogen-bond acceptors (Lipinski definition) is 6. The van der Waals surface area contributed by atoms with Gasteiger partial charge in [0.15, 0.2) is 29.1 Å². The molecule has 7 heteroatoms. The van der Waals surface area contributed by atoms with Crippen LogP contribution in [0, 0.1) is 5.82 Å². The van der Waals surface area contributed by atoms with Crippen LogP contribution in [0.1, 0.15) is 54.2 Å². The Balaban J connectivity index is 1.31. The molecule has 6 nitrogen and oxygen atoms in total. The number of fused-ring (bicyclic) bond motifs is 1. The van der Waals surface area contributed by atoms with Crippen molar-refractivity contribution in [3.05, 3.63) is 102 Å². The lowest BCUT2D eigenvalue weighted by atomic mass is 9.91. The molecule has 0 N–H and O–H groups in total. The number of benzene rings is 3. The standard InChI is InChI=1S/C31H31FN2O4/c1-3-7-30(34-16-14-23(15-17-34)31-26-12-11-25(32)19-28(26)38-33-31)37-29-18-24(21(2)35)10-13-27(29)36-20-22-8-5-4-6-9-22/h3-13,18-19,23,30H,14-17,20H2,1-2H3. The number of aromatic nitrogens is 1. The van der Waals surface area contributed by atoms with Gasteiger partial charge in [-0.25, -0.2) is 4.39 Å². The lowest BCUT2D eigenvalue weighted by molar-refractivity contribution is 0.0396. The summed E-state index contributed by atoms with van der Waals surface area (Å²) in [5.74, 6) is 0.970. The van der Waals surface area contributed by atoms with E-state index in [2.05, 4.69) is 10.1 Å². The van der Waals surface area contributed by atoms with Gasteiger partial charge < -0.3 is 14.0 Å². The quantitative estimate of drug-likeness (QED) is 0.179. The number of Topliss-reactive ketones (excluding diaryl/α,β-unsaturated/α-hetero) is 1. The van der Waals surface area contributed by atoms with Crippen molar-refractivity contribution in [2.75, 3.05) is 13.1 Å². The van der Waals surface area contributed by atoms with Crippen LogP contribution in [0.25, 0.3) is 11.0 Å². The highest BCUT2D eigenvalue weighted by Gasteiger charge is 2.29. The number of ketones is 1. The second-order valence-corrected chi connectivity index (χ2v) is 9.54. The van der Waals surface area contributed by atoms with Crippen LogP contribution in [0.15, 0.2) is 83.4 Å². The van der Waals surface area contributed by atoms with Crippen molar-refractivity contribution in [3.63, 3.8) is 0 Å². The number of carbonyl (C=O) groups excluding carboxylic acids is 1. The molecule has 0 saturated carbocycles. The maximum atomic E-state index is 13.6. The van der Waals surface area contributed by atoms with Gasteiger partial charge >= 0.3 is 0 Å². The molecule has 0 bridgehead atoms. The largest absolute Gasteiger partial charge is 0.485 e. The van der Waals surface area contributed by atoms with Crippen molar-refractivity contribution in [1.29, 1.82) is 0 Å². The molecule has 0 amide bonds. The number of ether oxygens (including phenoxy) is 2. The average molecular weight is 515 g/mol. The molecule has 38 heavy (non-hydrogen) atoms. The Kier molecular flexibility index (Phi) is 7.84. The van der Waals surface area contributed by atoms with Crippen LogP contribution in [0.2, 0.25) is 0 Å². The van der Waals surface area contributed by atoms with E-state index >= 15 is 0 Å². The van der Waals surface area contributed by atoms with Gasteiger partial charge in [0.05, 0.1) is 5.69 Å². The first-order chi connectivity index (χ1) is 18.5.